The van der Waals surface area contributed by atoms with Crippen LogP contribution in [0, 0.1) is 5.92 Å². The van der Waals surface area contributed by atoms with Gasteiger partial charge in [-0.05, 0) is 71.8 Å². The number of carbonyl (C=O) groups is 1. The van der Waals surface area contributed by atoms with Crippen LogP contribution >= 0.6 is 0 Å². The lowest BCUT2D eigenvalue weighted by Crippen LogP contribution is -2.37. The van der Waals surface area contributed by atoms with Crippen LogP contribution in [0.1, 0.15) is 45.4 Å². The van der Waals surface area contributed by atoms with Crippen LogP contribution < -0.4 is 5.32 Å². The van der Waals surface area contributed by atoms with Crippen LogP contribution in [0.15, 0.2) is 0 Å². The van der Waals surface area contributed by atoms with Gasteiger partial charge in [-0.25, -0.2) is 0 Å². The van der Waals surface area contributed by atoms with Gasteiger partial charge < -0.3 is 15.0 Å². The highest BCUT2D eigenvalue weighted by molar-refractivity contribution is 5.69. The second-order valence-electron chi connectivity index (χ2n) is 5.46. The molecular formula is C15H30N2O2. The first-order valence-corrected chi connectivity index (χ1v) is 7.78. The normalized spacial score (nSPS) is 17.6. The minimum Gasteiger partial charge on any atom is -0.466 e. The number of nitrogens with zero attached hydrogens (tertiary/aromatic N) is 1. The maximum atomic E-state index is 11.2. The molecule has 0 amide bonds. The molecule has 1 N–H and O–H groups in total. The van der Waals surface area contributed by atoms with E-state index in [-0.39, 0.29) is 5.97 Å². The van der Waals surface area contributed by atoms with Crippen LogP contribution in [-0.4, -0.2) is 50.7 Å². The predicted molar refractivity (Wildman–Crippen MR) is 78.2 cm³/mol. The minimum atomic E-state index is -0.0459. The van der Waals surface area contributed by atoms with E-state index in [0.717, 1.165) is 25.3 Å². The first-order chi connectivity index (χ1) is 9.26. The van der Waals surface area contributed by atoms with Crippen molar-refractivity contribution in [3.8, 4) is 0 Å². The van der Waals surface area contributed by atoms with Crippen molar-refractivity contribution in [2.24, 2.45) is 5.92 Å². The Bertz CT molecular complexity index is 238. The summed E-state index contributed by atoms with van der Waals surface area (Å²) >= 11 is 0. The van der Waals surface area contributed by atoms with E-state index in [1.54, 1.807) is 0 Å². The molecule has 1 aliphatic heterocycles. The van der Waals surface area contributed by atoms with Crippen molar-refractivity contribution >= 4 is 5.97 Å². The van der Waals surface area contributed by atoms with E-state index in [9.17, 15) is 4.79 Å². The Morgan fingerprint density at radius 3 is 2.63 bits per heavy atom. The highest BCUT2D eigenvalue weighted by Gasteiger charge is 2.17. The van der Waals surface area contributed by atoms with Crippen LogP contribution in [0.5, 0.6) is 0 Å². The second-order valence-corrected chi connectivity index (χ2v) is 5.46. The molecule has 0 aromatic heterocycles. The summed E-state index contributed by atoms with van der Waals surface area (Å²) in [7, 11) is 2.04. The smallest absolute Gasteiger partial charge is 0.305 e. The molecule has 0 saturated carbocycles. The van der Waals surface area contributed by atoms with E-state index in [2.05, 4.69) is 10.2 Å². The summed E-state index contributed by atoms with van der Waals surface area (Å²) in [5.74, 6) is 0.820. The average molecular weight is 270 g/mol. The summed E-state index contributed by atoms with van der Waals surface area (Å²) in [5.41, 5.74) is 0. The summed E-state index contributed by atoms with van der Waals surface area (Å²) in [5, 5.41) is 3.27. The van der Waals surface area contributed by atoms with Crippen molar-refractivity contribution in [1.82, 2.24) is 10.2 Å². The van der Waals surface area contributed by atoms with Gasteiger partial charge in [0.1, 0.15) is 0 Å². The molecule has 1 aliphatic rings. The predicted octanol–water partition coefficient (Wildman–Crippen LogP) is 2.04. The zero-order valence-electron chi connectivity index (χ0n) is 12.6. The first-order valence-electron chi connectivity index (χ1n) is 7.78. The molecule has 0 bridgehead atoms. The molecule has 0 radical (unpaired) electrons. The molecule has 4 nitrogen and oxygen atoms in total. The fourth-order valence-electron chi connectivity index (χ4n) is 2.72. The molecule has 0 aromatic carbocycles. The third kappa shape index (κ3) is 7.53. The maximum absolute atomic E-state index is 11.2. The molecule has 1 heterocycles. The maximum Gasteiger partial charge on any atom is 0.305 e. The van der Waals surface area contributed by atoms with Gasteiger partial charge in [-0.1, -0.05) is 6.42 Å². The average Bonchev–Trinajstić information content (AvgIpc) is 2.41. The lowest BCUT2D eigenvalue weighted by atomic mass is 9.96. The number of hydrogen-bond donors (Lipinski definition) is 1. The number of unbranched alkanes of at least 4 members (excludes halogenated alkanes) is 2. The van der Waals surface area contributed by atoms with Gasteiger partial charge in [0, 0.05) is 6.42 Å². The summed E-state index contributed by atoms with van der Waals surface area (Å²) in [6, 6.07) is 0. The molecule has 0 aromatic rings. The lowest BCUT2D eigenvalue weighted by molar-refractivity contribution is -0.143. The quantitative estimate of drug-likeness (QED) is 0.514. The number of piperidine rings is 1. The molecule has 4 heteroatoms. The first kappa shape index (κ1) is 16.4. The number of likely N-dealkylation sites (tertiary alicyclic amines) is 1. The van der Waals surface area contributed by atoms with Gasteiger partial charge in [-0.15, -0.1) is 0 Å². The largest absolute Gasteiger partial charge is 0.466 e. The Morgan fingerprint density at radius 1 is 1.26 bits per heavy atom. The zero-order valence-corrected chi connectivity index (χ0v) is 12.6. The summed E-state index contributed by atoms with van der Waals surface area (Å²) in [6.07, 6.45) is 6.53. The number of nitrogens with one attached hydrogen (secondary N) is 1. The van der Waals surface area contributed by atoms with Crippen LogP contribution in [0.2, 0.25) is 0 Å². The van der Waals surface area contributed by atoms with Crippen molar-refractivity contribution in [1.29, 1.82) is 0 Å². The highest BCUT2D eigenvalue weighted by Crippen LogP contribution is 2.16. The van der Waals surface area contributed by atoms with Gasteiger partial charge in [0.25, 0.3) is 0 Å². The van der Waals surface area contributed by atoms with Gasteiger partial charge in [-0.3, -0.25) is 4.79 Å². The monoisotopic (exact) mass is 270 g/mol. The second kappa shape index (κ2) is 10.2. The summed E-state index contributed by atoms with van der Waals surface area (Å²) in [4.78, 5) is 13.7. The van der Waals surface area contributed by atoms with E-state index in [0.29, 0.717) is 13.0 Å². The Morgan fingerprint density at radius 2 is 2.00 bits per heavy atom. The zero-order chi connectivity index (χ0) is 13.9. The third-order valence-corrected chi connectivity index (χ3v) is 3.86. The van der Waals surface area contributed by atoms with Crippen LogP contribution in [0.4, 0.5) is 0 Å². The van der Waals surface area contributed by atoms with Gasteiger partial charge >= 0.3 is 5.97 Å². The summed E-state index contributed by atoms with van der Waals surface area (Å²) < 4.78 is 4.92. The van der Waals surface area contributed by atoms with Crippen molar-refractivity contribution in [3.05, 3.63) is 0 Å². The van der Waals surface area contributed by atoms with Crippen LogP contribution in [-0.2, 0) is 9.53 Å². The minimum absolute atomic E-state index is 0.0459. The van der Waals surface area contributed by atoms with E-state index in [1.165, 1.54) is 38.9 Å². The SMILES string of the molecule is CCOC(=O)CCCCCN1CCC(CNC)CC1. The van der Waals surface area contributed by atoms with Crippen molar-refractivity contribution in [2.75, 3.05) is 39.8 Å². The highest BCUT2D eigenvalue weighted by atomic mass is 16.5. The van der Waals surface area contributed by atoms with Gasteiger partial charge in [0.2, 0.25) is 0 Å². The Labute approximate surface area is 117 Å². The van der Waals surface area contributed by atoms with E-state index < -0.39 is 0 Å². The standard InChI is InChI=1S/C15H30N2O2/c1-3-19-15(18)7-5-4-6-10-17-11-8-14(9-12-17)13-16-2/h14,16H,3-13H2,1-2H3. The lowest BCUT2D eigenvalue weighted by Gasteiger charge is -2.31. The van der Waals surface area contributed by atoms with E-state index in [4.69, 9.17) is 4.74 Å². The Balaban J connectivity index is 1.95. The molecule has 1 fully saturated rings. The fourth-order valence-corrected chi connectivity index (χ4v) is 2.72. The van der Waals surface area contributed by atoms with E-state index in [1.807, 2.05) is 14.0 Å². The van der Waals surface area contributed by atoms with Gasteiger partial charge in [0.15, 0.2) is 0 Å². The van der Waals surface area contributed by atoms with E-state index >= 15 is 0 Å². The number of hydrogen-bond acceptors (Lipinski definition) is 4. The number of carbonyl (C=O) groups excluding carboxylic acids is 1. The Hall–Kier alpha value is -0.610. The van der Waals surface area contributed by atoms with Gasteiger partial charge in [0.05, 0.1) is 6.61 Å². The fraction of sp³-hybridized carbons (Fsp3) is 0.933. The molecule has 0 unspecified atom stereocenters. The number of ether oxygens (including phenoxy) is 1. The number of rotatable bonds is 9. The molecule has 19 heavy (non-hydrogen) atoms. The van der Waals surface area contributed by atoms with Crippen LogP contribution in [0.3, 0.4) is 0 Å². The number of esters is 1. The third-order valence-electron chi connectivity index (χ3n) is 3.86. The van der Waals surface area contributed by atoms with Crippen LogP contribution in [0.25, 0.3) is 0 Å². The molecule has 1 saturated heterocycles. The topological polar surface area (TPSA) is 41.6 Å². The molecule has 112 valence electrons. The summed E-state index contributed by atoms with van der Waals surface area (Å²) in [6.45, 7) is 7.19. The molecular weight excluding hydrogens is 240 g/mol. The van der Waals surface area contributed by atoms with Crippen molar-refractivity contribution in [2.45, 2.75) is 45.4 Å². The molecule has 1 rings (SSSR count). The molecule has 0 aliphatic carbocycles. The van der Waals surface area contributed by atoms with Crippen molar-refractivity contribution in [3.63, 3.8) is 0 Å². The molecule has 0 atom stereocenters. The Kier molecular flexibility index (Phi) is 8.84. The van der Waals surface area contributed by atoms with Gasteiger partial charge in [-0.2, -0.15) is 0 Å². The molecule has 0 spiro atoms. The van der Waals surface area contributed by atoms with Crippen molar-refractivity contribution < 1.29 is 9.53 Å².